The van der Waals surface area contributed by atoms with Gasteiger partial charge in [-0.1, -0.05) is 239 Å². The van der Waals surface area contributed by atoms with Crippen molar-refractivity contribution >= 4 is 0 Å². The van der Waals surface area contributed by atoms with Crippen LogP contribution in [0.25, 0.3) is 0 Å². The van der Waals surface area contributed by atoms with Crippen LogP contribution in [0, 0.1) is 5.92 Å². The van der Waals surface area contributed by atoms with Crippen LogP contribution in [0.5, 0.6) is 0 Å². The Kier molecular flexibility index (Phi) is 35.0. The largest absolute Gasteiger partial charge is 0.0654 e. The van der Waals surface area contributed by atoms with Crippen molar-refractivity contribution in [2.24, 2.45) is 5.92 Å². The topological polar surface area (TPSA) is 0 Å². The molecule has 0 heteroatoms. The highest BCUT2D eigenvalue weighted by atomic mass is 14.1. The predicted octanol–water partition coefficient (Wildman–Crippen LogP) is 14.9. The van der Waals surface area contributed by atoms with E-state index < -0.39 is 0 Å². The van der Waals surface area contributed by atoms with Gasteiger partial charge in [0, 0.05) is 0 Å². The Morgan fingerprint density at radius 3 is 0.632 bits per heavy atom. The quantitative estimate of drug-likeness (QED) is 0.0720. The van der Waals surface area contributed by atoms with E-state index in [1.54, 1.807) is 0 Å². The maximum absolute atomic E-state index is 2.39. The lowest BCUT2D eigenvalue weighted by Crippen LogP contribution is -2.00. The van der Waals surface area contributed by atoms with Gasteiger partial charge in [0.1, 0.15) is 0 Å². The molecule has 0 rings (SSSR count). The van der Waals surface area contributed by atoms with Crippen molar-refractivity contribution in [2.45, 2.75) is 239 Å². The van der Waals surface area contributed by atoms with Gasteiger partial charge in [0.05, 0.1) is 0 Å². The van der Waals surface area contributed by atoms with Gasteiger partial charge in [0.15, 0.2) is 0 Å². The van der Waals surface area contributed by atoms with Crippen LogP contribution < -0.4 is 0 Å². The van der Waals surface area contributed by atoms with Crippen LogP contribution in [0.3, 0.4) is 0 Å². The van der Waals surface area contributed by atoms with Crippen LogP contribution in [0.2, 0.25) is 0 Å². The molecule has 0 saturated heterocycles. The number of hydrogen-bond acceptors (Lipinski definition) is 0. The van der Waals surface area contributed by atoms with Gasteiger partial charge >= 0.3 is 0 Å². The molecule has 1 unspecified atom stereocenters. The van der Waals surface area contributed by atoms with Crippen LogP contribution in [-0.2, 0) is 0 Å². The van der Waals surface area contributed by atoms with Crippen molar-refractivity contribution in [3.05, 3.63) is 0 Å². The molecule has 0 fully saturated rings. The van der Waals surface area contributed by atoms with E-state index in [9.17, 15) is 0 Å². The summed E-state index contributed by atoms with van der Waals surface area (Å²) in [6, 6.07) is 0. The van der Waals surface area contributed by atoms with Crippen molar-refractivity contribution in [3.8, 4) is 0 Å². The maximum Gasteiger partial charge on any atom is -0.0414 e. The average molecular weight is 535 g/mol. The summed E-state index contributed by atoms with van der Waals surface area (Å²) in [6.07, 6.45) is 50.3. The Balaban J connectivity index is 3.34. The first kappa shape index (κ1) is 38.0. The standard InChI is InChI=1S/C38H78/c1-4-7-9-11-13-15-17-19-20-21-22-23-24-26-28-30-32-34-37-38(35-6-3)36-33-31-29-27-25-18-16-14-12-10-8-5-2/h38H,4-37H2,1-3H3. The van der Waals surface area contributed by atoms with Gasteiger partial charge in [0.2, 0.25) is 0 Å². The summed E-state index contributed by atoms with van der Waals surface area (Å²) >= 11 is 0. The van der Waals surface area contributed by atoms with Crippen molar-refractivity contribution < 1.29 is 0 Å². The molecular formula is C38H78. The first-order chi connectivity index (χ1) is 18.8. The number of hydrogen-bond donors (Lipinski definition) is 0. The van der Waals surface area contributed by atoms with Crippen LogP contribution in [-0.4, -0.2) is 0 Å². The molecule has 0 aromatic rings. The molecule has 0 amide bonds. The summed E-state index contributed by atoms with van der Waals surface area (Å²) in [5, 5.41) is 0. The van der Waals surface area contributed by atoms with Gasteiger partial charge in [-0.15, -0.1) is 0 Å². The zero-order chi connectivity index (χ0) is 27.6. The van der Waals surface area contributed by atoms with Gasteiger partial charge in [0.25, 0.3) is 0 Å². The molecule has 0 saturated carbocycles. The molecule has 0 spiro atoms. The Hall–Kier alpha value is 0. The predicted molar refractivity (Wildman–Crippen MR) is 177 cm³/mol. The monoisotopic (exact) mass is 535 g/mol. The van der Waals surface area contributed by atoms with Crippen LogP contribution in [0.15, 0.2) is 0 Å². The Labute approximate surface area is 244 Å². The molecule has 0 aliphatic carbocycles. The molecule has 0 aliphatic rings. The summed E-state index contributed by atoms with van der Waals surface area (Å²) < 4.78 is 0. The molecule has 0 nitrogen and oxygen atoms in total. The minimum atomic E-state index is 1.03. The second kappa shape index (κ2) is 35.0. The zero-order valence-corrected chi connectivity index (χ0v) is 27.6. The smallest absolute Gasteiger partial charge is 0.0414 e. The lowest BCUT2D eigenvalue weighted by molar-refractivity contribution is 0.376. The van der Waals surface area contributed by atoms with Crippen LogP contribution >= 0.6 is 0 Å². The lowest BCUT2D eigenvalue weighted by Gasteiger charge is -2.16. The second-order valence-corrected chi connectivity index (χ2v) is 13.1. The van der Waals surface area contributed by atoms with Crippen molar-refractivity contribution in [1.29, 1.82) is 0 Å². The second-order valence-electron chi connectivity index (χ2n) is 13.1. The molecular weight excluding hydrogens is 456 g/mol. The molecule has 38 heavy (non-hydrogen) atoms. The van der Waals surface area contributed by atoms with Gasteiger partial charge in [-0.2, -0.15) is 0 Å². The summed E-state index contributed by atoms with van der Waals surface area (Å²) in [6.45, 7) is 7.02. The highest BCUT2D eigenvalue weighted by molar-refractivity contribution is 4.61. The summed E-state index contributed by atoms with van der Waals surface area (Å²) in [5.41, 5.74) is 0. The van der Waals surface area contributed by atoms with E-state index in [0.717, 1.165) is 5.92 Å². The zero-order valence-electron chi connectivity index (χ0n) is 27.6. The molecule has 0 aliphatic heterocycles. The first-order valence-electron chi connectivity index (χ1n) is 18.8. The molecule has 0 aromatic carbocycles. The van der Waals surface area contributed by atoms with Gasteiger partial charge < -0.3 is 0 Å². The highest BCUT2D eigenvalue weighted by Gasteiger charge is 2.07. The third-order valence-electron chi connectivity index (χ3n) is 9.13. The SMILES string of the molecule is CCCCCCCCCCCCCCCCCCCCC(CCC)CCCCCCCCCCCCCC. The molecule has 0 aromatic heterocycles. The molecule has 1 atom stereocenters. The van der Waals surface area contributed by atoms with Crippen LogP contribution in [0.1, 0.15) is 239 Å². The normalized spacial score (nSPS) is 12.4. The number of unbranched alkanes of at least 4 members (excludes halogenated alkanes) is 28. The van der Waals surface area contributed by atoms with E-state index in [1.807, 2.05) is 0 Å². The summed E-state index contributed by atoms with van der Waals surface area (Å²) in [7, 11) is 0. The lowest BCUT2D eigenvalue weighted by atomic mass is 9.90. The minimum absolute atomic E-state index is 1.03. The van der Waals surface area contributed by atoms with Gasteiger partial charge in [-0.25, -0.2) is 0 Å². The molecule has 230 valence electrons. The molecule has 0 N–H and O–H groups in total. The summed E-state index contributed by atoms with van der Waals surface area (Å²) in [5.74, 6) is 1.03. The van der Waals surface area contributed by atoms with E-state index in [0.29, 0.717) is 0 Å². The van der Waals surface area contributed by atoms with Gasteiger partial charge in [-0.05, 0) is 5.92 Å². The fraction of sp³-hybridized carbons (Fsp3) is 1.00. The van der Waals surface area contributed by atoms with Crippen molar-refractivity contribution in [2.75, 3.05) is 0 Å². The summed E-state index contributed by atoms with van der Waals surface area (Å²) in [4.78, 5) is 0. The van der Waals surface area contributed by atoms with E-state index in [1.165, 1.54) is 218 Å². The number of rotatable bonds is 34. The van der Waals surface area contributed by atoms with Crippen molar-refractivity contribution in [1.82, 2.24) is 0 Å². The van der Waals surface area contributed by atoms with Gasteiger partial charge in [-0.3, -0.25) is 0 Å². The fourth-order valence-corrected chi connectivity index (χ4v) is 6.45. The van der Waals surface area contributed by atoms with Crippen molar-refractivity contribution in [3.63, 3.8) is 0 Å². The van der Waals surface area contributed by atoms with E-state index >= 15 is 0 Å². The van der Waals surface area contributed by atoms with Crippen LogP contribution in [0.4, 0.5) is 0 Å². The van der Waals surface area contributed by atoms with E-state index in [2.05, 4.69) is 20.8 Å². The third-order valence-corrected chi connectivity index (χ3v) is 9.13. The highest BCUT2D eigenvalue weighted by Crippen LogP contribution is 2.23. The molecule has 0 radical (unpaired) electrons. The maximum atomic E-state index is 2.39. The third kappa shape index (κ3) is 32.2. The minimum Gasteiger partial charge on any atom is -0.0654 e. The Morgan fingerprint density at radius 1 is 0.211 bits per heavy atom. The Bertz CT molecular complexity index is 385. The van der Waals surface area contributed by atoms with E-state index in [4.69, 9.17) is 0 Å². The molecule has 0 bridgehead atoms. The Morgan fingerprint density at radius 2 is 0.421 bits per heavy atom. The fourth-order valence-electron chi connectivity index (χ4n) is 6.45. The molecule has 0 heterocycles. The average Bonchev–Trinajstić information content (AvgIpc) is 2.92. The first-order valence-corrected chi connectivity index (χ1v) is 18.8. The van der Waals surface area contributed by atoms with E-state index in [-0.39, 0.29) is 0 Å².